The van der Waals surface area contributed by atoms with E-state index < -0.39 is 5.60 Å². The van der Waals surface area contributed by atoms with E-state index in [0.29, 0.717) is 5.88 Å². The third-order valence-electron chi connectivity index (χ3n) is 4.20. The molecule has 4 rings (SSSR count). The molecule has 0 atom stereocenters. The van der Waals surface area contributed by atoms with Crippen LogP contribution in [0.1, 0.15) is 22.3 Å². The Morgan fingerprint density at radius 1 is 0.783 bits per heavy atom. The fourth-order valence-corrected chi connectivity index (χ4v) is 3.25. The average molecular weight is 323 g/mol. The van der Waals surface area contributed by atoms with Crippen LogP contribution in [0.4, 0.5) is 0 Å². The number of hydrogen-bond donors (Lipinski definition) is 0. The fraction of sp³-hybridized carbons (Fsp3) is 0.100. The van der Waals surface area contributed by atoms with Gasteiger partial charge in [-0.05, 0) is 22.8 Å². The molecule has 1 heterocycles. The highest BCUT2D eigenvalue weighted by molar-refractivity contribution is 6.17. The first-order chi connectivity index (χ1) is 11.3. The van der Waals surface area contributed by atoms with Gasteiger partial charge in [-0.1, -0.05) is 72.8 Å². The lowest BCUT2D eigenvalue weighted by Gasteiger charge is -2.27. The monoisotopic (exact) mass is 322 g/mol. The lowest BCUT2D eigenvalue weighted by Crippen LogP contribution is -2.29. The zero-order valence-corrected chi connectivity index (χ0v) is 13.2. The average Bonchev–Trinajstić information content (AvgIpc) is 3.03. The highest BCUT2D eigenvalue weighted by Gasteiger charge is 2.46. The quantitative estimate of drug-likeness (QED) is 0.496. The summed E-state index contributed by atoms with van der Waals surface area (Å²) in [7, 11) is 0. The summed E-state index contributed by atoms with van der Waals surface area (Å²) in [5.41, 5.74) is 3.30. The molecule has 0 fully saturated rings. The summed E-state index contributed by atoms with van der Waals surface area (Å²) in [5, 5.41) is 0. The molecule has 23 heavy (non-hydrogen) atoms. The van der Waals surface area contributed by atoms with Gasteiger partial charge in [0.05, 0.1) is 0 Å². The van der Waals surface area contributed by atoms with Crippen LogP contribution in [0.3, 0.4) is 0 Å². The van der Waals surface area contributed by atoms with Gasteiger partial charge in [0.2, 0.25) is 0 Å². The minimum Gasteiger partial charge on any atom is -0.335 e. The van der Waals surface area contributed by atoms with E-state index >= 15 is 0 Å². The van der Waals surface area contributed by atoms with Crippen LogP contribution in [0.2, 0.25) is 0 Å². The Kier molecular flexibility index (Phi) is 3.56. The summed E-state index contributed by atoms with van der Waals surface area (Å²) >= 11 is 5.94. The summed E-state index contributed by atoms with van der Waals surface area (Å²) in [6.07, 6.45) is 0. The zero-order chi connectivity index (χ0) is 15.7. The van der Waals surface area contributed by atoms with Crippen LogP contribution in [-0.2, 0) is 16.4 Å². The molecule has 0 unspecified atom stereocenters. The van der Waals surface area contributed by atoms with Crippen LogP contribution < -0.4 is 4.89 Å². The van der Waals surface area contributed by atoms with Crippen molar-refractivity contribution in [2.75, 3.05) is 0 Å². The molecule has 1 aliphatic rings. The summed E-state index contributed by atoms with van der Waals surface area (Å²) in [6.45, 7) is 0. The Morgan fingerprint density at radius 3 is 1.96 bits per heavy atom. The van der Waals surface area contributed by atoms with Crippen LogP contribution in [-0.4, -0.2) is 0 Å². The SMILES string of the molecule is ClCc1ccc2c(c1)OOC2(c1ccccc1)c1ccccc1. The Hall–Kier alpha value is -2.29. The second-order valence-electron chi connectivity index (χ2n) is 5.54. The van der Waals surface area contributed by atoms with Gasteiger partial charge in [0.1, 0.15) is 0 Å². The van der Waals surface area contributed by atoms with Crippen molar-refractivity contribution in [1.29, 1.82) is 0 Å². The molecule has 2 nitrogen and oxygen atoms in total. The van der Waals surface area contributed by atoms with Crippen LogP contribution >= 0.6 is 11.6 Å². The Bertz CT molecular complexity index is 776. The topological polar surface area (TPSA) is 18.5 Å². The lowest BCUT2D eigenvalue weighted by atomic mass is 9.80. The number of halogens is 1. The molecule has 1 aliphatic heterocycles. The van der Waals surface area contributed by atoms with Crippen LogP contribution in [0.15, 0.2) is 78.9 Å². The molecular weight excluding hydrogens is 308 g/mol. The van der Waals surface area contributed by atoms with E-state index in [1.807, 2.05) is 54.6 Å². The van der Waals surface area contributed by atoms with E-state index in [-0.39, 0.29) is 0 Å². The van der Waals surface area contributed by atoms with Gasteiger partial charge in [0.25, 0.3) is 0 Å². The summed E-state index contributed by atoms with van der Waals surface area (Å²) in [5.74, 6) is 1.16. The molecule has 0 aromatic heterocycles. The predicted octanol–water partition coefficient (Wildman–Crippen LogP) is 5.04. The molecule has 3 aromatic carbocycles. The van der Waals surface area contributed by atoms with E-state index in [0.717, 1.165) is 28.0 Å². The normalized spacial score (nSPS) is 15.0. The molecule has 0 aliphatic carbocycles. The molecule has 114 valence electrons. The van der Waals surface area contributed by atoms with Gasteiger partial charge in [0.15, 0.2) is 11.4 Å². The van der Waals surface area contributed by atoms with Crippen molar-refractivity contribution < 1.29 is 9.78 Å². The van der Waals surface area contributed by atoms with E-state index in [9.17, 15) is 0 Å². The standard InChI is InChI=1S/C20H15ClO2/c21-14-15-11-12-18-19(13-15)22-23-20(18,16-7-3-1-4-8-16)17-9-5-2-6-10-17/h1-13H,14H2. The second kappa shape index (κ2) is 5.73. The Morgan fingerprint density at radius 2 is 1.39 bits per heavy atom. The van der Waals surface area contributed by atoms with E-state index in [1.165, 1.54) is 0 Å². The van der Waals surface area contributed by atoms with Crippen LogP contribution in [0.5, 0.6) is 5.75 Å². The van der Waals surface area contributed by atoms with Gasteiger partial charge < -0.3 is 4.89 Å². The molecule has 0 saturated heterocycles. The second-order valence-corrected chi connectivity index (χ2v) is 5.81. The van der Waals surface area contributed by atoms with Crippen molar-refractivity contribution in [3.63, 3.8) is 0 Å². The fourth-order valence-electron chi connectivity index (χ4n) is 3.08. The number of fused-ring (bicyclic) bond motifs is 1. The first kappa shape index (κ1) is 14.3. The van der Waals surface area contributed by atoms with Gasteiger partial charge >= 0.3 is 0 Å². The van der Waals surface area contributed by atoms with Gasteiger partial charge in [-0.15, -0.1) is 11.6 Å². The predicted molar refractivity (Wildman–Crippen MR) is 90.5 cm³/mol. The van der Waals surface area contributed by atoms with Crippen molar-refractivity contribution in [3.05, 3.63) is 101 Å². The largest absolute Gasteiger partial charge is 0.335 e. The van der Waals surface area contributed by atoms with Crippen molar-refractivity contribution in [1.82, 2.24) is 0 Å². The molecule has 0 N–H and O–H groups in total. The van der Waals surface area contributed by atoms with Gasteiger partial charge in [-0.2, -0.15) is 4.89 Å². The summed E-state index contributed by atoms with van der Waals surface area (Å²) in [4.78, 5) is 11.5. The molecular formula is C20H15ClO2. The van der Waals surface area contributed by atoms with Crippen molar-refractivity contribution in [3.8, 4) is 5.75 Å². The lowest BCUT2D eigenvalue weighted by molar-refractivity contribution is -0.244. The first-order valence-corrected chi connectivity index (χ1v) is 8.04. The maximum atomic E-state index is 5.94. The Labute approximate surface area is 140 Å². The summed E-state index contributed by atoms with van der Waals surface area (Å²) < 4.78 is 0. The van der Waals surface area contributed by atoms with Crippen LogP contribution in [0, 0.1) is 0 Å². The molecule has 0 radical (unpaired) electrons. The van der Waals surface area contributed by atoms with E-state index in [1.54, 1.807) is 0 Å². The number of hydrogen-bond acceptors (Lipinski definition) is 2. The van der Waals surface area contributed by atoms with Gasteiger partial charge in [-0.3, -0.25) is 0 Å². The summed E-state index contributed by atoms with van der Waals surface area (Å²) in [6, 6.07) is 26.3. The highest BCUT2D eigenvalue weighted by Crippen LogP contribution is 2.49. The minimum absolute atomic E-state index is 0.445. The highest BCUT2D eigenvalue weighted by atomic mass is 35.5. The number of alkyl halides is 1. The molecule has 0 bridgehead atoms. The third kappa shape index (κ3) is 2.23. The number of rotatable bonds is 3. The van der Waals surface area contributed by atoms with Crippen molar-refractivity contribution >= 4 is 11.6 Å². The molecule has 0 spiro atoms. The van der Waals surface area contributed by atoms with Gasteiger partial charge in [0, 0.05) is 11.4 Å². The maximum absolute atomic E-state index is 5.94. The molecule has 3 heteroatoms. The minimum atomic E-state index is -0.761. The third-order valence-corrected chi connectivity index (χ3v) is 4.51. The van der Waals surface area contributed by atoms with Crippen molar-refractivity contribution in [2.45, 2.75) is 11.5 Å². The van der Waals surface area contributed by atoms with Gasteiger partial charge in [-0.25, -0.2) is 0 Å². The molecule has 3 aromatic rings. The number of benzene rings is 3. The van der Waals surface area contributed by atoms with E-state index in [2.05, 4.69) is 24.3 Å². The zero-order valence-electron chi connectivity index (χ0n) is 12.4. The maximum Gasteiger partial charge on any atom is 0.194 e. The van der Waals surface area contributed by atoms with Crippen molar-refractivity contribution in [2.24, 2.45) is 0 Å². The van der Waals surface area contributed by atoms with E-state index in [4.69, 9.17) is 21.4 Å². The molecule has 0 saturated carbocycles. The Balaban J connectivity index is 1.97. The first-order valence-electron chi connectivity index (χ1n) is 7.51. The molecule has 0 amide bonds. The smallest absolute Gasteiger partial charge is 0.194 e. The van der Waals surface area contributed by atoms with Crippen LogP contribution in [0.25, 0.3) is 0 Å².